The molecule has 43 heavy (non-hydrogen) atoms. The van der Waals surface area contributed by atoms with E-state index >= 15 is 0 Å². The summed E-state index contributed by atoms with van der Waals surface area (Å²) in [6.07, 6.45) is 0. The lowest BCUT2D eigenvalue weighted by atomic mass is 9.98. The van der Waals surface area contributed by atoms with Crippen molar-refractivity contribution in [2.45, 2.75) is 0 Å². The fraction of sp³-hybridized carbons (Fsp3) is 0. The molecule has 0 saturated heterocycles. The van der Waals surface area contributed by atoms with Crippen molar-refractivity contribution >= 4 is 65.7 Å². The fourth-order valence-corrected chi connectivity index (χ4v) is 6.55. The molecule has 9 rings (SSSR count). The van der Waals surface area contributed by atoms with Crippen LogP contribution in [0.25, 0.3) is 82.5 Å². The van der Waals surface area contributed by atoms with Gasteiger partial charge in [-0.2, -0.15) is 10.5 Å². The molecule has 0 unspecified atom stereocenters. The second kappa shape index (κ2) is 8.60. The molecule has 0 aliphatic carbocycles. The van der Waals surface area contributed by atoms with E-state index in [0.29, 0.717) is 16.7 Å². The first kappa shape index (κ1) is 23.4. The first-order valence-electron chi connectivity index (χ1n) is 14.0. The Labute approximate surface area is 244 Å². The number of hydrogen-bond acceptors (Lipinski definition) is 4. The Bertz CT molecular complexity index is 2650. The topological polar surface area (TPSA) is 78.8 Å². The first-order chi connectivity index (χ1) is 21.2. The zero-order valence-electron chi connectivity index (χ0n) is 22.6. The van der Waals surface area contributed by atoms with Gasteiger partial charge >= 0.3 is 0 Å². The van der Waals surface area contributed by atoms with Crippen molar-refractivity contribution in [1.82, 2.24) is 4.57 Å². The van der Waals surface area contributed by atoms with Crippen LogP contribution >= 0.6 is 0 Å². The Balaban J connectivity index is 1.33. The summed E-state index contributed by atoms with van der Waals surface area (Å²) in [5, 5.41) is 25.8. The SMILES string of the molecule is N#Cc1ccc2oc3cc4oc5ccc(-c6cccc(C#N)c6-n6c7ccccc7c7ccccc76)cc5c4cc3c2c1. The second-order valence-corrected chi connectivity index (χ2v) is 10.8. The summed E-state index contributed by atoms with van der Waals surface area (Å²) in [5.74, 6) is 0. The molecule has 0 atom stereocenters. The number of fused-ring (bicyclic) bond motifs is 9. The predicted molar refractivity (Wildman–Crippen MR) is 170 cm³/mol. The Morgan fingerprint density at radius 2 is 1.12 bits per heavy atom. The highest BCUT2D eigenvalue weighted by molar-refractivity contribution is 6.16. The summed E-state index contributed by atoms with van der Waals surface area (Å²) in [7, 11) is 0. The van der Waals surface area contributed by atoms with Crippen molar-refractivity contribution in [3.63, 3.8) is 0 Å². The van der Waals surface area contributed by atoms with E-state index in [9.17, 15) is 10.5 Å². The van der Waals surface area contributed by atoms with Crippen molar-refractivity contribution in [1.29, 1.82) is 10.5 Å². The van der Waals surface area contributed by atoms with Crippen molar-refractivity contribution in [3.05, 3.63) is 126 Å². The average molecular weight is 550 g/mol. The minimum absolute atomic E-state index is 0.588. The van der Waals surface area contributed by atoms with Gasteiger partial charge in [-0.3, -0.25) is 0 Å². The van der Waals surface area contributed by atoms with Crippen LogP contribution in [0, 0.1) is 22.7 Å². The quantitative estimate of drug-likeness (QED) is 0.215. The van der Waals surface area contributed by atoms with Crippen molar-refractivity contribution in [3.8, 4) is 29.0 Å². The molecule has 0 bridgehead atoms. The molecule has 0 spiro atoms. The summed E-state index contributed by atoms with van der Waals surface area (Å²) in [6, 6.07) is 42.9. The molecule has 5 nitrogen and oxygen atoms in total. The monoisotopic (exact) mass is 549 g/mol. The van der Waals surface area contributed by atoms with Crippen LogP contribution in [0.1, 0.15) is 11.1 Å². The van der Waals surface area contributed by atoms with E-state index in [0.717, 1.165) is 76.9 Å². The minimum atomic E-state index is 0.588. The van der Waals surface area contributed by atoms with E-state index < -0.39 is 0 Å². The number of hydrogen-bond donors (Lipinski definition) is 0. The van der Waals surface area contributed by atoms with Gasteiger partial charge in [-0.1, -0.05) is 54.6 Å². The molecular weight excluding hydrogens is 530 g/mol. The highest BCUT2D eigenvalue weighted by Crippen LogP contribution is 2.41. The normalized spacial score (nSPS) is 11.7. The molecule has 0 saturated carbocycles. The van der Waals surface area contributed by atoms with Gasteiger partial charge in [0.15, 0.2) is 0 Å². The number of furan rings is 2. The summed E-state index contributed by atoms with van der Waals surface area (Å²) in [5.41, 5.74) is 9.01. The lowest BCUT2D eigenvalue weighted by Crippen LogP contribution is -2.00. The number of para-hydroxylation sites is 3. The third-order valence-electron chi connectivity index (χ3n) is 8.46. The summed E-state index contributed by atoms with van der Waals surface area (Å²) < 4.78 is 14.6. The van der Waals surface area contributed by atoms with Crippen LogP contribution in [0.2, 0.25) is 0 Å². The molecule has 0 aliphatic heterocycles. The summed E-state index contributed by atoms with van der Waals surface area (Å²) in [4.78, 5) is 0. The first-order valence-corrected chi connectivity index (χ1v) is 14.0. The number of nitrogens with zero attached hydrogens (tertiary/aromatic N) is 3. The highest BCUT2D eigenvalue weighted by Gasteiger charge is 2.20. The molecule has 6 aromatic carbocycles. The third-order valence-corrected chi connectivity index (χ3v) is 8.46. The Morgan fingerprint density at radius 1 is 0.488 bits per heavy atom. The van der Waals surface area contributed by atoms with Gasteiger partial charge in [-0.25, -0.2) is 0 Å². The molecular formula is C38H19N3O2. The molecule has 0 N–H and O–H groups in total. The molecule has 198 valence electrons. The van der Waals surface area contributed by atoms with Gasteiger partial charge < -0.3 is 13.4 Å². The zero-order chi connectivity index (χ0) is 28.7. The number of nitriles is 2. The van der Waals surface area contributed by atoms with E-state index in [1.165, 1.54) is 0 Å². The number of benzene rings is 6. The van der Waals surface area contributed by atoms with E-state index in [1.807, 2.05) is 48.5 Å². The van der Waals surface area contributed by atoms with Crippen LogP contribution in [0.15, 0.2) is 124 Å². The molecule has 9 aromatic rings. The number of aromatic nitrogens is 1. The molecule has 0 radical (unpaired) electrons. The highest BCUT2D eigenvalue weighted by atomic mass is 16.3. The fourth-order valence-electron chi connectivity index (χ4n) is 6.55. The molecule has 0 aliphatic rings. The van der Waals surface area contributed by atoms with E-state index in [2.05, 4.69) is 77.4 Å². The van der Waals surface area contributed by atoms with E-state index in [4.69, 9.17) is 8.83 Å². The van der Waals surface area contributed by atoms with Gasteiger partial charge in [0.25, 0.3) is 0 Å². The van der Waals surface area contributed by atoms with Gasteiger partial charge in [-0.15, -0.1) is 0 Å². The standard InChI is InChI=1S/C38H19N3O2/c39-20-22-12-14-34-28(16-22)30-18-31-29-17-23(13-15-35(29)43-37(31)19-36(30)42-34)25-9-5-6-24(21-40)38(25)41-32-10-3-1-7-26(32)27-8-2-4-11-33(27)41/h1-19H. The Hall–Kier alpha value is -6.30. The predicted octanol–water partition coefficient (Wildman–Crippen LogP) is 9.99. The van der Waals surface area contributed by atoms with Gasteiger partial charge in [0.05, 0.1) is 33.9 Å². The maximum Gasteiger partial charge on any atom is 0.139 e. The van der Waals surface area contributed by atoms with Crippen molar-refractivity contribution < 1.29 is 8.83 Å². The second-order valence-electron chi connectivity index (χ2n) is 10.8. The van der Waals surface area contributed by atoms with Gasteiger partial charge in [-0.05, 0) is 60.2 Å². The maximum atomic E-state index is 10.3. The minimum Gasteiger partial charge on any atom is -0.456 e. The van der Waals surface area contributed by atoms with Crippen LogP contribution in [-0.2, 0) is 0 Å². The molecule has 3 aromatic heterocycles. The molecule has 5 heteroatoms. The Kier molecular flexibility index (Phi) is 4.68. The number of rotatable bonds is 2. The third kappa shape index (κ3) is 3.25. The Morgan fingerprint density at radius 3 is 1.79 bits per heavy atom. The van der Waals surface area contributed by atoms with Crippen molar-refractivity contribution in [2.24, 2.45) is 0 Å². The van der Waals surface area contributed by atoms with Crippen molar-refractivity contribution in [2.75, 3.05) is 0 Å². The molecule has 0 amide bonds. The smallest absolute Gasteiger partial charge is 0.139 e. The van der Waals surface area contributed by atoms with Gasteiger partial charge in [0, 0.05) is 43.9 Å². The molecule has 0 fully saturated rings. The van der Waals surface area contributed by atoms with Gasteiger partial charge in [0.1, 0.15) is 28.4 Å². The van der Waals surface area contributed by atoms with Gasteiger partial charge in [0.2, 0.25) is 0 Å². The summed E-state index contributed by atoms with van der Waals surface area (Å²) in [6.45, 7) is 0. The van der Waals surface area contributed by atoms with Crippen LogP contribution in [0.4, 0.5) is 0 Å². The molecule has 3 heterocycles. The lowest BCUT2D eigenvalue weighted by molar-refractivity contribution is 0.656. The maximum absolute atomic E-state index is 10.3. The van der Waals surface area contributed by atoms with Crippen LogP contribution in [0.5, 0.6) is 0 Å². The largest absolute Gasteiger partial charge is 0.456 e. The van der Waals surface area contributed by atoms with Crippen LogP contribution in [-0.4, -0.2) is 4.57 Å². The lowest BCUT2D eigenvalue weighted by Gasteiger charge is -2.16. The van der Waals surface area contributed by atoms with Crippen LogP contribution < -0.4 is 0 Å². The van der Waals surface area contributed by atoms with E-state index in [-0.39, 0.29) is 0 Å². The summed E-state index contributed by atoms with van der Waals surface area (Å²) >= 11 is 0. The van der Waals surface area contributed by atoms with Crippen LogP contribution in [0.3, 0.4) is 0 Å². The zero-order valence-corrected chi connectivity index (χ0v) is 22.6. The average Bonchev–Trinajstić information content (AvgIpc) is 3.71. The van der Waals surface area contributed by atoms with E-state index in [1.54, 1.807) is 6.07 Å².